The largest absolute Gasteiger partial charge is 0.396 e. The van der Waals surface area contributed by atoms with Crippen LogP contribution in [-0.4, -0.2) is 43.5 Å². The first-order valence-electron chi connectivity index (χ1n) is 6.78. The smallest absolute Gasteiger partial charge is 0.314 e. The van der Waals surface area contributed by atoms with Crippen molar-refractivity contribution < 1.29 is 14.6 Å². The predicted molar refractivity (Wildman–Crippen MR) is 70.5 cm³/mol. The normalized spacial score (nSPS) is 19.8. The van der Waals surface area contributed by atoms with Gasteiger partial charge in [-0.05, 0) is 31.1 Å². The highest BCUT2D eigenvalue weighted by Gasteiger charge is 2.17. The second kappa shape index (κ2) is 7.59. The molecule has 0 radical (unpaired) electrons. The average molecular weight is 258 g/mol. The maximum atomic E-state index is 11.5. The zero-order valence-corrected chi connectivity index (χ0v) is 11.5. The summed E-state index contributed by atoms with van der Waals surface area (Å²) in [5, 5.41) is 14.7. The molecule has 0 spiro atoms. The molecular formula is C13H26N2O3. The molecule has 18 heavy (non-hydrogen) atoms. The summed E-state index contributed by atoms with van der Waals surface area (Å²) in [6, 6.07) is -0.132. The minimum absolute atomic E-state index is 0.0597. The van der Waals surface area contributed by atoms with Gasteiger partial charge in [0, 0.05) is 26.3 Å². The molecule has 0 aliphatic carbocycles. The molecule has 0 aromatic rings. The van der Waals surface area contributed by atoms with Gasteiger partial charge in [0.2, 0.25) is 0 Å². The fourth-order valence-electron chi connectivity index (χ4n) is 1.92. The van der Waals surface area contributed by atoms with Gasteiger partial charge < -0.3 is 20.5 Å². The molecular weight excluding hydrogens is 232 g/mol. The summed E-state index contributed by atoms with van der Waals surface area (Å²) in [5.41, 5.74) is -0.0597. The van der Waals surface area contributed by atoms with Crippen LogP contribution in [0.5, 0.6) is 0 Å². The molecule has 1 aliphatic heterocycles. The maximum Gasteiger partial charge on any atom is 0.314 e. The minimum atomic E-state index is -0.132. The number of aliphatic hydroxyl groups excluding tert-OH is 1. The van der Waals surface area contributed by atoms with Crippen LogP contribution in [0.3, 0.4) is 0 Å². The van der Waals surface area contributed by atoms with Gasteiger partial charge >= 0.3 is 6.03 Å². The Kier molecular flexibility index (Phi) is 6.43. The van der Waals surface area contributed by atoms with E-state index in [2.05, 4.69) is 10.6 Å². The highest BCUT2D eigenvalue weighted by molar-refractivity contribution is 5.73. The summed E-state index contributed by atoms with van der Waals surface area (Å²) in [5.74, 6) is 0. The van der Waals surface area contributed by atoms with Gasteiger partial charge in [0.15, 0.2) is 0 Å². The summed E-state index contributed by atoms with van der Waals surface area (Å²) in [4.78, 5) is 11.5. The van der Waals surface area contributed by atoms with Gasteiger partial charge in [-0.2, -0.15) is 0 Å². The Hall–Kier alpha value is -0.810. The number of hydrogen-bond donors (Lipinski definition) is 3. The third kappa shape index (κ3) is 6.21. The number of ether oxygens (including phenoxy) is 1. The zero-order valence-electron chi connectivity index (χ0n) is 11.5. The van der Waals surface area contributed by atoms with Crippen LogP contribution in [0.15, 0.2) is 0 Å². The molecule has 5 nitrogen and oxygen atoms in total. The molecule has 0 aromatic heterocycles. The van der Waals surface area contributed by atoms with E-state index in [1.807, 2.05) is 13.8 Å². The number of carbonyl (C=O) groups excluding carboxylic acids is 1. The van der Waals surface area contributed by atoms with Gasteiger partial charge in [-0.15, -0.1) is 0 Å². The quantitative estimate of drug-likeness (QED) is 0.602. The summed E-state index contributed by atoms with van der Waals surface area (Å²) in [7, 11) is 0. The first kappa shape index (κ1) is 15.2. The molecule has 1 unspecified atom stereocenters. The molecule has 106 valence electrons. The van der Waals surface area contributed by atoms with Crippen LogP contribution in [0, 0.1) is 5.41 Å². The van der Waals surface area contributed by atoms with Crippen molar-refractivity contribution in [3.8, 4) is 0 Å². The lowest BCUT2D eigenvalue weighted by Gasteiger charge is -2.21. The molecule has 1 atom stereocenters. The van der Waals surface area contributed by atoms with E-state index in [-0.39, 0.29) is 24.2 Å². The second-order valence-corrected chi connectivity index (χ2v) is 5.70. The lowest BCUT2D eigenvalue weighted by molar-refractivity contribution is 0.111. The monoisotopic (exact) mass is 258 g/mol. The number of amides is 2. The van der Waals surface area contributed by atoms with Crippen molar-refractivity contribution >= 4 is 6.03 Å². The van der Waals surface area contributed by atoms with E-state index in [1.54, 1.807) is 0 Å². The van der Waals surface area contributed by atoms with E-state index in [4.69, 9.17) is 9.84 Å². The fourth-order valence-corrected chi connectivity index (χ4v) is 1.92. The van der Waals surface area contributed by atoms with E-state index in [1.165, 1.54) is 0 Å². The molecule has 2 amide bonds. The van der Waals surface area contributed by atoms with Gasteiger partial charge in [0.1, 0.15) is 0 Å². The number of hydrogen-bond acceptors (Lipinski definition) is 3. The summed E-state index contributed by atoms with van der Waals surface area (Å²) in [6.45, 7) is 6.26. The molecule has 0 bridgehead atoms. The van der Waals surface area contributed by atoms with Crippen LogP contribution >= 0.6 is 0 Å². The van der Waals surface area contributed by atoms with Crippen LogP contribution in [0.1, 0.15) is 39.5 Å². The molecule has 1 fully saturated rings. The van der Waals surface area contributed by atoms with E-state index in [0.717, 1.165) is 32.3 Å². The summed E-state index contributed by atoms with van der Waals surface area (Å²) in [6.07, 6.45) is 4.08. The fraction of sp³-hybridized carbons (Fsp3) is 0.923. The van der Waals surface area contributed by atoms with E-state index in [9.17, 15) is 4.79 Å². The third-order valence-electron chi connectivity index (χ3n) is 3.26. The number of rotatable bonds is 7. The van der Waals surface area contributed by atoms with Gasteiger partial charge in [0.25, 0.3) is 0 Å². The van der Waals surface area contributed by atoms with Crippen molar-refractivity contribution in [2.45, 2.75) is 45.6 Å². The SMILES string of the molecule is CC(C)(CO)CCCNC(=O)NCC1CCCO1. The Morgan fingerprint density at radius 1 is 1.44 bits per heavy atom. The highest BCUT2D eigenvalue weighted by atomic mass is 16.5. The average Bonchev–Trinajstić information content (AvgIpc) is 2.85. The topological polar surface area (TPSA) is 70.6 Å². The standard InChI is InChI=1S/C13H26N2O3/c1-13(2,10-16)6-4-7-14-12(17)15-9-11-5-3-8-18-11/h11,16H,3-10H2,1-2H3,(H2,14,15,17). The van der Waals surface area contributed by atoms with Crippen molar-refractivity contribution in [1.29, 1.82) is 0 Å². The molecule has 3 N–H and O–H groups in total. The Morgan fingerprint density at radius 2 is 2.22 bits per heavy atom. The summed E-state index contributed by atoms with van der Waals surface area (Å²) >= 11 is 0. The van der Waals surface area contributed by atoms with Crippen LogP contribution in [-0.2, 0) is 4.74 Å². The number of aliphatic hydroxyl groups is 1. The van der Waals surface area contributed by atoms with Gasteiger partial charge in [-0.25, -0.2) is 4.79 Å². The lowest BCUT2D eigenvalue weighted by Crippen LogP contribution is -2.40. The zero-order chi connectivity index (χ0) is 13.4. The first-order valence-corrected chi connectivity index (χ1v) is 6.78. The number of carbonyl (C=O) groups is 1. The Morgan fingerprint density at radius 3 is 2.83 bits per heavy atom. The van der Waals surface area contributed by atoms with Crippen molar-refractivity contribution in [3.63, 3.8) is 0 Å². The second-order valence-electron chi connectivity index (χ2n) is 5.70. The molecule has 0 saturated carbocycles. The van der Waals surface area contributed by atoms with Gasteiger partial charge in [-0.3, -0.25) is 0 Å². The first-order chi connectivity index (χ1) is 8.53. The van der Waals surface area contributed by atoms with E-state index in [0.29, 0.717) is 13.1 Å². The third-order valence-corrected chi connectivity index (χ3v) is 3.26. The predicted octanol–water partition coefficient (Wildman–Crippen LogP) is 1.26. The van der Waals surface area contributed by atoms with E-state index < -0.39 is 0 Å². The van der Waals surface area contributed by atoms with Crippen molar-refractivity contribution in [1.82, 2.24) is 10.6 Å². The molecule has 1 rings (SSSR count). The Bertz CT molecular complexity index is 251. The van der Waals surface area contributed by atoms with Crippen molar-refractivity contribution in [2.24, 2.45) is 5.41 Å². The Labute approximate surface area is 109 Å². The number of urea groups is 1. The molecule has 1 saturated heterocycles. The van der Waals surface area contributed by atoms with Crippen molar-refractivity contribution in [2.75, 3.05) is 26.3 Å². The molecule has 0 aromatic carbocycles. The van der Waals surface area contributed by atoms with Crippen LogP contribution in [0.2, 0.25) is 0 Å². The Balaban J connectivity index is 1.99. The molecule has 5 heteroatoms. The van der Waals surface area contributed by atoms with Crippen molar-refractivity contribution in [3.05, 3.63) is 0 Å². The lowest BCUT2D eigenvalue weighted by atomic mass is 9.89. The minimum Gasteiger partial charge on any atom is -0.396 e. The highest BCUT2D eigenvalue weighted by Crippen LogP contribution is 2.20. The maximum absolute atomic E-state index is 11.5. The van der Waals surface area contributed by atoms with Crippen LogP contribution in [0.25, 0.3) is 0 Å². The molecule has 1 aliphatic rings. The molecule has 1 heterocycles. The van der Waals surface area contributed by atoms with Gasteiger partial charge in [0.05, 0.1) is 6.10 Å². The summed E-state index contributed by atoms with van der Waals surface area (Å²) < 4.78 is 5.42. The number of nitrogens with one attached hydrogen (secondary N) is 2. The van der Waals surface area contributed by atoms with Crippen LogP contribution < -0.4 is 10.6 Å². The van der Waals surface area contributed by atoms with Crippen LogP contribution in [0.4, 0.5) is 4.79 Å². The van der Waals surface area contributed by atoms with E-state index >= 15 is 0 Å². The van der Waals surface area contributed by atoms with Gasteiger partial charge in [-0.1, -0.05) is 13.8 Å².